The van der Waals surface area contributed by atoms with Crippen molar-refractivity contribution in [3.05, 3.63) is 65.2 Å². The van der Waals surface area contributed by atoms with Crippen LogP contribution >= 0.6 is 0 Å². The van der Waals surface area contributed by atoms with Crippen molar-refractivity contribution in [2.24, 2.45) is 5.92 Å². The highest BCUT2D eigenvalue weighted by molar-refractivity contribution is 5.79. The number of amides is 1. The summed E-state index contributed by atoms with van der Waals surface area (Å²) >= 11 is 0. The van der Waals surface area contributed by atoms with Crippen LogP contribution in [0.3, 0.4) is 0 Å². The summed E-state index contributed by atoms with van der Waals surface area (Å²) in [6.07, 6.45) is 2.92. The number of hydrogen-bond donors (Lipinski definition) is 0. The van der Waals surface area contributed by atoms with E-state index in [-0.39, 0.29) is 5.92 Å². The van der Waals surface area contributed by atoms with E-state index in [2.05, 4.69) is 46.2 Å². The highest BCUT2D eigenvalue weighted by Crippen LogP contribution is 2.25. The van der Waals surface area contributed by atoms with E-state index in [9.17, 15) is 4.79 Å². The predicted octanol–water partition coefficient (Wildman–Crippen LogP) is 3.49. The van der Waals surface area contributed by atoms with E-state index in [4.69, 9.17) is 4.74 Å². The lowest BCUT2D eigenvalue weighted by Crippen LogP contribution is -2.44. The molecule has 2 aliphatic heterocycles. The van der Waals surface area contributed by atoms with Crippen LogP contribution in [0.5, 0.6) is 5.75 Å². The average Bonchev–Trinajstić information content (AvgIpc) is 2.74. The quantitative estimate of drug-likeness (QED) is 0.833. The zero-order valence-electron chi connectivity index (χ0n) is 16.1. The van der Waals surface area contributed by atoms with Gasteiger partial charge in [-0.2, -0.15) is 0 Å². The summed E-state index contributed by atoms with van der Waals surface area (Å²) in [4.78, 5) is 17.5. The molecule has 27 heavy (non-hydrogen) atoms. The molecule has 1 fully saturated rings. The van der Waals surface area contributed by atoms with E-state index in [0.29, 0.717) is 5.91 Å². The predicted molar refractivity (Wildman–Crippen MR) is 107 cm³/mol. The second-order valence-electron chi connectivity index (χ2n) is 7.68. The number of likely N-dealkylation sites (tertiary alicyclic amines) is 1. The van der Waals surface area contributed by atoms with Crippen LogP contribution in [-0.4, -0.2) is 42.5 Å². The first-order valence-electron chi connectivity index (χ1n) is 9.94. The van der Waals surface area contributed by atoms with Crippen molar-refractivity contribution in [1.29, 1.82) is 0 Å². The lowest BCUT2D eigenvalue weighted by atomic mass is 9.93. The third-order valence-corrected chi connectivity index (χ3v) is 5.94. The third-order valence-electron chi connectivity index (χ3n) is 5.94. The van der Waals surface area contributed by atoms with Gasteiger partial charge in [-0.3, -0.25) is 9.69 Å². The zero-order valence-corrected chi connectivity index (χ0v) is 16.1. The fraction of sp³-hybridized carbons (Fsp3) is 0.435. The summed E-state index contributed by atoms with van der Waals surface area (Å²) in [6.45, 7) is 4.57. The Morgan fingerprint density at radius 2 is 1.70 bits per heavy atom. The standard InChI is InChI=1S/C23H28N2O2/c1-27-22-8-6-18(7-9-22)16-24-13-10-20(11-14-24)23(26)25-15-12-19-4-2-3-5-21(19)17-25/h2-9,20H,10-17H2,1H3. The molecule has 0 unspecified atom stereocenters. The number of rotatable bonds is 4. The number of ether oxygens (including phenoxy) is 1. The van der Waals surface area contributed by atoms with Crippen molar-refractivity contribution in [2.75, 3.05) is 26.7 Å². The Morgan fingerprint density at radius 3 is 2.41 bits per heavy atom. The highest BCUT2D eigenvalue weighted by atomic mass is 16.5. The first-order valence-corrected chi connectivity index (χ1v) is 9.94. The summed E-state index contributed by atoms with van der Waals surface area (Å²) < 4.78 is 5.22. The second-order valence-corrected chi connectivity index (χ2v) is 7.68. The minimum Gasteiger partial charge on any atom is -0.497 e. The maximum absolute atomic E-state index is 13.0. The van der Waals surface area contributed by atoms with Gasteiger partial charge in [0.1, 0.15) is 5.75 Å². The number of hydrogen-bond acceptors (Lipinski definition) is 3. The molecule has 0 saturated carbocycles. The maximum Gasteiger partial charge on any atom is 0.226 e. The molecule has 2 aliphatic rings. The molecule has 2 aromatic rings. The number of piperidine rings is 1. The fourth-order valence-corrected chi connectivity index (χ4v) is 4.27. The summed E-state index contributed by atoms with van der Waals surface area (Å²) in [5.74, 6) is 1.43. The summed E-state index contributed by atoms with van der Waals surface area (Å²) in [6, 6.07) is 16.8. The van der Waals surface area contributed by atoms with Crippen molar-refractivity contribution in [3.63, 3.8) is 0 Å². The molecule has 4 heteroatoms. The molecule has 142 valence electrons. The average molecular weight is 364 g/mol. The lowest BCUT2D eigenvalue weighted by Gasteiger charge is -2.36. The van der Waals surface area contributed by atoms with Gasteiger partial charge in [-0.1, -0.05) is 36.4 Å². The molecular formula is C23H28N2O2. The van der Waals surface area contributed by atoms with Gasteiger partial charge < -0.3 is 9.64 Å². The van der Waals surface area contributed by atoms with Crippen LogP contribution in [-0.2, 0) is 24.3 Å². The second kappa shape index (κ2) is 8.13. The molecule has 1 saturated heterocycles. The Hall–Kier alpha value is -2.33. The van der Waals surface area contributed by atoms with E-state index in [1.54, 1.807) is 7.11 Å². The number of fused-ring (bicyclic) bond motifs is 1. The van der Waals surface area contributed by atoms with Gasteiger partial charge in [-0.15, -0.1) is 0 Å². The SMILES string of the molecule is COc1ccc(CN2CCC(C(=O)N3CCc4ccccc4C3)CC2)cc1. The zero-order chi connectivity index (χ0) is 18.6. The highest BCUT2D eigenvalue weighted by Gasteiger charge is 2.30. The van der Waals surface area contributed by atoms with E-state index in [1.165, 1.54) is 16.7 Å². The number of methoxy groups -OCH3 is 1. The summed E-state index contributed by atoms with van der Waals surface area (Å²) in [5, 5.41) is 0. The molecule has 2 aromatic carbocycles. The van der Waals surface area contributed by atoms with Crippen LogP contribution in [0.4, 0.5) is 0 Å². The van der Waals surface area contributed by atoms with Crippen LogP contribution < -0.4 is 4.74 Å². The van der Waals surface area contributed by atoms with Crippen LogP contribution in [0.15, 0.2) is 48.5 Å². The Labute approximate surface area is 161 Å². The van der Waals surface area contributed by atoms with Gasteiger partial charge in [0, 0.05) is 25.6 Å². The Balaban J connectivity index is 1.29. The molecule has 1 amide bonds. The van der Waals surface area contributed by atoms with E-state index >= 15 is 0 Å². The smallest absolute Gasteiger partial charge is 0.226 e. The van der Waals surface area contributed by atoms with Crippen LogP contribution in [0.25, 0.3) is 0 Å². The van der Waals surface area contributed by atoms with Crippen molar-refractivity contribution in [3.8, 4) is 5.75 Å². The fourth-order valence-electron chi connectivity index (χ4n) is 4.27. The van der Waals surface area contributed by atoms with E-state index in [1.807, 2.05) is 12.1 Å². The van der Waals surface area contributed by atoms with E-state index < -0.39 is 0 Å². The molecule has 0 atom stereocenters. The van der Waals surface area contributed by atoms with Gasteiger partial charge in [0.05, 0.1) is 7.11 Å². The monoisotopic (exact) mass is 364 g/mol. The molecule has 0 spiro atoms. The Kier molecular flexibility index (Phi) is 5.44. The summed E-state index contributed by atoms with van der Waals surface area (Å²) in [5.41, 5.74) is 4.01. The van der Waals surface area contributed by atoms with Crippen LogP contribution in [0.2, 0.25) is 0 Å². The maximum atomic E-state index is 13.0. The van der Waals surface area contributed by atoms with Crippen molar-refractivity contribution >= 4 is 5.91 Å². The molecule has 0 aromatic heterocycles. The molecule has 4 nitrogen and oxygen atoms in total. The van der Waals surface area contributed by atoms with E-state index in [0.717, 1.165) is 57.7 Å². The van der Waals surface area contributed by atoms with Gasteiger partial charge >= 0.3 is 0 Å². The Morgan fingerprint density at radius 1 is 1.00 bits per heavy atom. The minimum atomic E-state index is 0.183. The van der Waals surface area contributed by atoms with Gasteiger partial charge in [0.15, 0.2) is 0 Å². The molecular weight excluding hydrogens is 336 g/mol. The lowest BCUT2D eigenvalue weighted by molar-refractivity contribution is -0.138. The van der Waals surface area contributed by atoms with Gasteiger partial charge in [-0.25, -0.2) is 0 Å². The van der Waals surface area contributed by atoms with Gasteiger partial charge in [0.2, 0.25) is 5.91 Å². The number of benzene rings is 2. The largest absolute Gasteiger partial charge is 0.497 e. The van der Waals surface area contributed by atoms with Crippen molar-refractivity contribution in [2.45, 2.75) is 32.4 Å². The first kappa shape index (κ1) is 18.1. The van der Waals surface area contributed by atoms with Gasteiger partial charge in [-0.05, 0) is 61.2 Å². The van der Waals surface area contributed by atoms with Crippen molar-refractivity contribution < 1.29 is 9.53 Å². The first-order chi connectivity index (χ1) is 13.2. The molecule has 0 aliphatic carbocycles. The Bertz CT molecular complexity index is 779. The van der Waals surface area contributed by atoms with Crippen LogP contribution in [0, 0.1) is 5.92 Å². The topological polar surface area (TPSA) is 32.8 Å². The van der Waals surface area contributed by atoms with Gasteiger partial charge in [0.25, 0.3) is 0 Å². The number of carbonyl (C=O) groups is 1. The minimum absolute atomic E-state index is 0.183. The third kappa shape index (κ3) is 4.16. The number of carbonyl (C=O) groups excluding carboxylic acids is 1. The number of nitrogens with zero attached hydrogens (tertiary/aromatic N) is 2. The molecule has 2 heterocycles. The summed E-state index contributed by atoms with van der Waals surface area (Å²) in [7, 11) is 1.69. The molecule has 0 radical (unpaired) electrons. The molecule has 4 rings (SSSR count). The molecule has 0 N–H and O–H groups in total. The normalized spacial score (nSPS) is 18.2. The van der Waals surface area contributed by atoms with Crippen LogP contribution in [0.1, 0.15) is 29.5 Å². The van der Waals surface area contributed by atoms with Crippen molar-refractivity contribution in [1.82, 2.24) is 9.80 Å². The molecule has 0 bridgehead atoms.